The quantitative estimate of drug-likeness (QED) is 0.765. The number of hydrogen-bond donors (Lipinski definition) is 0. The Kier molecular flexibility index (Phi) is 4.68. The van der Waals surface area contributed by atoms with Gasteiger partial charge in [0.25, 0.3) is 0 Å². The minimum absolute atomic E-state index is 0.167. The van der Waals surface area contributed by atoms with Crippen molar-refractivity contribution in [2.75, 3.05) is 11.9 Å². The molecule has 2 rings (SSSR count). The van der Waals surface area contributed by atoms with Gasteiger partial charge in [-0.15, -0.1) is 0 Å². The fourth-order valence-corrected chi connectivity index (χ4v) is 1.92. The number of ether oxygens (including phenoxy) is 1. The summed E-state index contributed by atoms with van der Waals surface area (Å²) in [5.74, 6) is -0.856. The van der Waals surface area contributed by atoms with Crippen LogP contribution in [0, 0.1) is 5.82 Å². The minimum Gasteiger partial charge on any atom is -0.458 e. The van der Waals surface area contributed by atoms with Crippen LogP contribution in [-0.2, 0) is 6.18 Å². The summed E-state index contributed by atoms with van der Waals surface area (Å²) >= 11 is 0. The largest absolute Gasteiger partial charge is 0.458 e. The average molecular weight is 343 g/mol. The van der Waals surface area contributed by atoms with Gasteiger partial charge in [-0.3, -0.25) is 0 Å². The van der Waals surface area contributed by atoms with Crippen LogP contribution >= 0.6 is 0 Å². The maximum Gasteiger partial charge on any atom is 0.421 e. The number of halogens is 4. The van der Waals surface area contributed by atoms with Crippen LogP contribution in [0.3, 0.4) is 0 Å². The van der Waals surface area contributed by atoms with Gasteiger partial charge in [0, 0.05) is 18.9 Å². The highest BCUT2D eigenvalue weighted by Crippen LogP contribution is 2.37. The summed E-state index contributed by atoms with van der Waals surface area (Å²) < 4.78 is 58.2. The van der Waals surface area contributed by atoms with E-state index in [0.717, 1.165) is 12.1 Å². The molecule has 8 heteroatoms. The summed E-state index contributed by atoms with van der Waals surface area (Å²) in [6.07, 6.45) is -3.95. The Bertz CT molecular complexity index is 709. The minimum atomic E-state index is -4.64. The molecule has 0 aliphatic heterocycles. The van der Waals surface area contributed by atoms with Crippen molar-refractivity contribution >= 4 is 11.5 Å². The number of nitrogens with zero attached hydrogens (tertiary/aromatic N) is 3. The summed E-state index contributed by atoms with van der Waals surface area (Å²) in [5.41, 5.74) is -1.32. The highest BCUT2D eigenvalue weighted by Gasteiger charge is 2.37. The second kappa shape index (κ2) is 6.26. The first-order valence-corrected chi connectivity index (χ1v) is 7.10. The molecule has 0 unspecified atom stereocenters. The van der Waals surface area contributed by atoms with E-state index in [4.69, 9.17) is 4.74 Å². The molecule has 0 aliphatic carbocycles. The van der Waals surface area contributed by atoms with E-state index in [-0.39, 0.29) is 11.8 Å². The molecule has 0 aliphatic rings. The monoisotopic (exact) mass is 343 g/mol. The van der Waals surface area contributed by atoms with Crippen LogP contribution in [-0.4, -0.2) is 22.6 Å². The SMILES string of the molecule is CN(c1ccc(F)cc1)c1nc(OC(C)(C)C)ncc1C(F)(F)F. The summed E-state index contributed by atoms with van der Waals surface area (Å²) in [6, 6.07) is 4.88. The number of benzene rings is 1. The Hall–Kier alpha value is -2.38. The molecule has 0 atom stereocenters. The lowest BCUT2D eigenvalue weighted by atomic mass is 10.2. The van der Waals surface area contributed by atoms with Crippen LogP contribution in [0.2, 0.25) is 0 Å². The first kappa shape index (κ1) is 18.0. The van der Waals surface area contributed by atoms with Crippen molar-refractivity contribution in [3.05, 3.63) is 41.8 Å². The van der Waals surface area contributed by atoms with E-state index >= 15 is 0 Å². The zero-order valence-electron chi connectivity index (χ0n) is 13.6. The summed E-state index contributed by atoms with van der Waals surface area (Å²) in [5, 5.41) is 0. The highest BCUT2D eigenvalue weighted by atomic mass is 19.4. The Balaban J connectivity index is 2.50. The van der Waals surface area contributed by atoms with Gasteiger partial charge in [-0.2, -0.15) is 18.2 Å². The number of rotatable bonds is 3. The van der Waals surface area contributed by atoms with E-state index in [2.05, 4.69) is 9.97 Å². The normalized spacial score (nSPS) is 12.2. The second-order valence-electron chi connectivity index (χ2n) is 6.14. The summed E-state index contributed by atoms with van der Waals surface area (Å²) in [7, 11) is 1.41. The number of hydrogen-bond acceptors (Lipinski definition) is 4. The molecule has 24 heavy (non-hydrogen) atoms. The van der Waals surface area contributed by atoms with Crippen LogP contribution in [0.4, 0.5) is 29.1 Å². The van der Waals surface area contributed by atoms with Crippen LogP contribution in [0.1, 0.15) is 26.3 Å². The maximum absolute atomic E-state index is 13.3. The molecule has 0 spiro atoms. The molecule has 130 valence electrons. The molecule has 1 aromatic heterocycles. The van der Waals surface area contributed by atoms with Gasteiger partial charge in [0.1, 0.15) is 17.0 Å². The van der Waals surface area contributed by atoms with E-state index in [0.29, 0.717) is 11.9 Å². The standard InChI is InChI=1S/C16H17F4N3O/c1-15(2,3)24-14-21-9-12(16(18,19)20)13(22-14)23(4)11-7-5-10(17)6-8-11/h5-9H,1-4H3. The smallest absolute Gasteiger partial charge is 0.421 e. The number of alkyl halides is 3. The van der Waals surface area contributed by atoms with Gasteiger partial charge in [0.05, 0.1) is 0 Å². The predicted octanol–water partition coefficient (Wildman–Crippen LogP) is 4.58. The molecule has 0 saturated heterocycles. The molecule has 0 bridgehead atoms. The van der Waals surface area contributed by atoms with Gasteiger partial charge in [0.2, 0.25) is 0 Å². The number of aromatic nitrogens is 2. The summed E-state index contributed by atoms with van der Waals surface area (Å²) in [6.45, 7) is 5.20. The van der Waals surface area contributed by atoms with Crippen molar-refractivity contribution in [2.24, 2.45) is 0 Å². The zero-order chi connectivity index (χ0) is 18.1. The van der Waals surface area contributed by atoms with E-state index in [1.807, 2.05) is 0 Å². The molecule has 4 nitrogen and oxygen atoms in total. The Labute approximate surface area is 137 Å². The van der Waals surface area contributed by atoms with E-state index in [1.165, 1.54) is 24.1 Å². The van der Waals surface area contributed by atoms with Crippen LogP contribution in [0.15, 0.2) is 30.5 Å². The lowest BCUT2D eigenvalue weighted by molar-refractivity contribution is -0.137. The van der Waals surface area contributed by atoms with Crippen molar-refractivity contribution in [3.8, 4) is 6.01 Å². The Morgan fingerprint density at radius 1 is 1.04 bits per heavy atom. The molecule has 0 N–H and O–H groups in total. The van der Waals surface area contributed by atoms with Crippen LogP contribution in [0.25, 0.3) is 0 Å². The molecule has 0 fully saturated rings. The van der Waals surface area contributed by atoms with Crippen molar-refractivity contribution in [3.63, 3.8) is 0 Å². The van der Waals surface area contributed by atoms with Crippen molar-refractivity contribution < 1.29 is 22.3 Å². The molecule has 2 aromatic rings. The lowest BCUT2D eigenvalue weighted by Crippen LogP contribution is -2.26. The highest BCUT2D eigenvalue weighted by molar-refractivity contribution is 5.62. The molecular formula is C16H17F4N3O. The Morgan fingerprint density at radius 3 is 2.12 bits per heavy atom. The van der Waals surface area contributed by atoms with E-state index < -0.39 is 23.2 Å². The van der Waals surface area contributed by atoms with Crippen molar-refractivity contribution in [2.45, 2.75) is 32.5 Å². The van der Waals surface area contributed by atoms with E-state index in [9.17, 15) is 17.6 Å². The van der Waals surface area contributed by atoms with Gasteiger partial charge in [-0.25, -0.2) is 9.37 Å². The third-order valence-corrected chi connectivity index (χ3v) is 2.98. The van der Waals surface area contributed by atoms with Gasteiger partial charge in [0.15, 0.2) is 5.82 Å². The fourth-order valence-electron chi connectivity index (χ4n) is 1.92. The molecular weight excluding hydrogens is 326 g/mol. The van der Waals surface area contributed by atoms with Crippen molar-refractivity contribution in [1.82, 2.24) is 9.97 Å². The third-order valence-electron chi connectivity index (χ3n) is 2.98. The number of anilines is 2. The van der Waals surface area contributed by atoms with Gasteiger partial charge >= 0.3 is 12.2 Å². The molecule has 0 saturated carbocycles. The average Bonchev–Trinajstić information content (AvgIpc) is 2.44. The summed E-state index contributed by atoms with van der Waals surface area (Å²) in [4.78, 5) is 8.75. The molecule has 1 heterocycles. The topological polar surface area (TPSA) is 38.2 Å². The first-order chi connectivity index (χ1) is 11.0. The van der Waals surface area contributed by atoms with Crippen LogP contribution in [0.5, 0.6) is 6.01 Å². The Morgan fingerprint density at radius 2 is 1.62 bits per heavy atom. The third kappa shape index (κ3) is 4.33. The molecule has 0 amide bonds. The van der Waals surface area contributed by atoms with Crippen LogP contribution < -0.4 is 9.64 Å². The maximum atomic E-state index is 13.3. The molecule has 0 radical (unpaired) electrons. The predicted molar refractivity (Wildman–Crippen MR) is 81.9 cm³/mol. The van der Waals surface area contributed by atoms with Gasteiger partial charge < -0.3 is 9.64 Å². The fraction of sp³-hybridized carbons (Fsp3) is 0.375. The zero-order valence-corrected chi connectivity index (χ0v) is 13.6. The second-order valence-corrected chi connectivity index (χ2v) is 6.14. The lowest BCUT2D eigenvalue weighted by Gasteiger charge is -2.24. The van der Waals surface area contributed by atoms with Crippen molar-refractivity contribution in [1.29, 1.82) is 0 Å². The van der Waals surface area contributed by atoms with Gasteiger partial charge in [-0.05, 0) is 45.0 Å². The first-order valence-electron chi connectivity index (χ1n) is 7.10. The van der Waals surface area contributed by atoms with Gasteiger partial charge in [-0.1, -0.05) is 0 Å². The van der Waals surface area contributed by atoms with E-state index in [1.54, 1.807) is 20.8 Å². The molecule has 1 aromatic carbocycles.